The van der Waals surface area contributed by atoms with E-state index in [0.29, 0.717) is 35.5 Å². The quantitative estimate of drug-likeness (QED) is 0.248. The highest BCUT2D eigenvalue weighted by Gasteiger charge is 2.30. The second-order valence-electron chi connectivity index (χ2n) is 11.4. The van der Waals surface area contributed by atoms with Gasteiger partial charge in [-0.2, -0.15) is 0 Å². The Bertz CT molecular complexity index is 1420. The average Bonchev–Trinajstić information content (AvgIpc) is 3.01. The largest absolute Gasteiger partial charge is 0.467 e. The van der Waals surface area contributed by atoms with Gasteiger partial charge in [-0.15, -0.1) is 0 Å². The molecule has 5 amide bonds. The number of esters is 1. The molecule has 4 atom stereocenters. The Morgan fingerprint density at radius 1 is 1.07 bits per heavy atom. The van der Waals surface area contributed by atoms with Crippen LogP contribution in [0.5, 0.6) is 0 Å². The highest BCUT2D eigenvalue weighted by Crippen LogP contribution is 2.14. The third kappa shape index (κ3) is 11.5. The van der Waals surface area contributed by atoms with E-state index in [4.69, 9.17) is 16.3 Å². The monoisotopic (exact) mass is 657 g/mol. The lowest BCUT2D eigenvalue weighted by atomic mass is 10.0. The lowest BCUT2D eigenvalue weighted by Crippen LogP contribution is -2.58. The number of hydrogen-bond donors (Lipinski definition) is 5. The highest BCUT2D eigenvalue weighted by atomic mass is 35.5. The molecule has 13 heteroatoms. The van der Waals surface area contributed by atoms with Gasteiger partial charge in [0.25, 0.3) is 0 Å². The number of urea groups is 1. The minimum Gasteiger partial charge on any atom is -0.467 e. The molecule has 0 saturated heterocycles. The van der Waals surface area contributed by atoms with Crippen molar-refractivity contribution < 1.29 is 33.1 Å². The number of halogens is 2. The van der Waals surface area contributed by atoms with Crippen LogP contribution in [-0.4, -0.2) is 67.5 Å². The molecular weight excluding hydrogens is 617 g/mol. The van der Waals surface area contributed by atoms with Gasteiger partial charge < -0.3 is 31.3 Å². The van der Waals surface area contributed by atoms with Gasteiger partial charge in [0.1, 0.15) is 23.9 Å². The van der Waals surface area contributed by atoms with E-state index in [0.717, 1.165) is 0 Å². The number of amides is 5. The summed E-state index contributed by atoms with van der Waals surface area (Å²) in [5.41, 5.74) is 0.990. The summed E-state index contributed by atoms with van der Waals surface area (Å²) in [6, 6.07) is 8.24. The van der Waals surface area contributed by atoms with Crippen molar-refractivity contribution in [2.24, 2.45) is 5.92 Å². The van der Waals surface area contributed by atoms with Crippen molar-refractivity contribution in [3.05, 3.63) is 82.6 Å². The van der Waals surface area contributed by atoms with Crippen LogP contribution in [0.25, 0.3) is 0 Å². The average molecular weight is 658 g/mol. The maximum Gasteiger partial charge on any atom is 0.328 e. The molecule has 0 aliphatic carbocycles. The molecular formula is C33H41ClFN5O6. The van der Waals surface area contributed by atoms with Crippen molar-refractivity contribution in [1.29, 1.82) is 0 Å². The second kappa shape index (κ2) is 17.9. The molecule has 46 heavy (non-hydrogen) atoms. The van der Waals surface area contributed by atoms with Crippen LogP contribution >= 0.6 is 11.6 Å². The van der Waals surface area contributed by atoms with E-state index < -0.39 is 53.8 Å². The predicted octanol–water partition coefficient (Wildman–Crippen LogP) is 2.96. The first-order valence-electron chi connectivity index (χ1n) is 15.2. The van der Waals surface area contributed by atoms with E-state index in [1.165, 1.54) is 25.3 Å². The fourth-order valence-electron chi connectivity index (χ4n) is 4.91. The topological polar surface area (TPSA) is 155 Å². The second-order valence-corrected chi connectivity index (χ2v) is 11.8. The van der Waals surface area contributed by atoms with Gasteiger partial charge >= 0.3 is 12.0 Å². The summed E-state index contributed by atoms with van der Waals surface area (Å²) in [6.45, 7) is 3.83. The van der Waals surface area contributed by atoms with Crippen LogP contribution < -0.4 is 26.6 Å². The zero-order valence-corrected chi connectivity index (χ0v) is 26.9. The Morgan fingerprint density at radius 3 is 2.52 bits per heavy atom. The third-order valence-corrected chi connectivity index (χ3v) is 7.65. The maximum atomic E-state index is 14.5. The van der Waals surface area contributed by atoms with E-state index >= 15 is 0 Å². The molecule has 0 radical (unpaired) electrons. The van der Waals surface area contributed by atoms with Crippen molar-refractivity contribution in [3.8, 4) is 0 Å². The first-order chi connectivity index (χ1) is 22.0. The van der Waals surface area contributed by atoms with Crippen molar-refractivity contribution in [3.63, 3.8) is 0 Å². The van der Waals surface area contributed by atoms with Crippen molar-refractivity contribution in [2.75, 3.05) is 13.7 Å². The number of hydrogen-bond acceptors (Lipinski definition) is 6. The van der Waals surface area contributed by atoms with Crippen LogP contribution in [0.15, 0.2) is 60.7 Å². The third-order valence-electron chi connectivity index (χ3n) is 7.42. The number of nitrogens with one attached hydrogen (secondary N) is 5. The molecule has 11 nitrogen and oxygen atoms in total. The Balaban J connectivity index is 1.83. The number of rotatable bonds is 10. The molecule has 248 valence electrons. The van der Waals surface area contributed by atoms with Gasteiger partial charge in [-0.1, -0.05) is 61.9 Å². The SMILES string of the molecule is COC(=O)[C@@H](NC(=O)N[C@@H](Cc1cccc(Cl)c1)C(=O)N[C@H]1CCCCNC(=O)/C=C/[C@H](Cc2ccccc2F)NC1=O)C(C)C. The van der Waals surface area contributed by atoms with Gasteiger partial charge in [-0.25, -0.2) is 14.0 Å². The van der Waals surface area contributed by atoms with Crippen LogP contribution in [0.2, 0.25) is 5.02 Å². The van der Waals surface area contributed by atoms with Crippen molar-refractivity contribution >= 4 is 41.3 Å². The van der Waals surface area contributed by atoms with Gasteiger partial charge in [0.2, 0.25) is 17.7 Å². The van der Waals surface area contributed by atoms with E-state index in [1.54, 1.807) is 56.3 Å². The summed E-state index contributed by atoms with van der Waals surface area (Å²) in [4.78, 5) is 64.8. The summed E-state index contributed by atoms with van der Waals surface area (Å²) in [5, 5.41) is 14.0. The van der Waals surface area contributed by atoms with Gasteiger partial charge in [-0.3, -0.25) is 14.4 Å². The van der Waals surface area contributed by atoms with Crippen molar-refractivity contribution in [1.82, 2.24) is 26.6 Å². The van der Waals surface area contributed by atoms with E-state index in [1.807, 2.05) is 0 Å². The Kier molecular flexibility index (Phi) is 14.0. The molecule has 2 aromatic carbocycles. The molecule has 3 rings (SSSR count). The zero-order valence-electron chi connectivity index (χ0n) is 26.1. The van der Waals surface area contributed by atoms with E-state index in [-0.39, 0.29) is 31.1 Å². The first kappa shape index (κ1) is 36.0. The van der Waals surface area contributed by atoms with Crippen LogP contribution in [-0.2, 0) is 36.8 Å². The molecule has 0 fully saturated rings. The molecule has 1 aliphatic rings. The molecule has 0 saturated carbocycles. The number of carbonyl (C=O) groups is 5. The number of ether oxygens (including phenoxy) is 1. The standard InChI is InChI=1S/C33H41ClFN5O6/c1-20(2)29(32(44)46-3)40-33(45)39-27(18-21-9-8-11-23(34)17-21)31(43)38-26-13-6-7-16-36-28(41)15-14-24(37-30(26)42)19-22-10-4-5-12-25(22)35/h4-5,8-12,14-15,17,20,24,26-27,29H,6-7,13,16,18-19H2,1-3H3,(H,36,41)(H,37,42)(H,38,43)(H2,39,40,45)/b15-14+/t24-,26+,27+,29+/m1/s1. The van der Waals surface area contributed by atoms with Gasteiger partial charge in [-0.05, 0) is 60.9 Å². The normalized spacial score (nSPS) is 19.3. The van der Waals surface area contributed by atoms with Crippen LogP contribution in [0.1, 0.15) is 44.2 Å². The van der Waals surface area contributed by atoms with E-state index in [9.17, 15) is 28.4 Å². The zero-order chi connectivity index (χ0) is 33.6. The Hall–Kier alpha value is -4.45. The first-order valence-corrected chi connectivity index (χ1v) is 15.5. The fraction of sp³-hybridized carbons (Fsp3) is 0.424. The minimum absolute atomic E-state index is 0.0312. The summed E-state index contributed by atoms with van der Waals surface area (Å²) in [5.74, 6) is -2.90. The summed E-state index contributed by atoms with van der Waals surface area (Å²) < 4.78 is 19.2. The molecule has 0 bridgehead atoms. The van der Waals surface area contributed by atoms with Gasteiger partial charge in [0.05, 0.1) is 13.2 Å². The summed E-state index contributed by atoms with van der Waals surface area (Å²) >= 11 is 6.16. The lowest BCUT2D eigenvalue weighted by Gasteiger charge is -2.26. The number of methoxy groups -OCH3 is 1. The van der Waals surface area contributed by atoms with E-state index in [2.05, 4.69) is 26.6 Å². The molecule has 2 aromatic rings. The molecule has 1 heterocycles. The summed E-state index contributed by atoms with van der Waals surface area (Å²) in [6.07, 6.45) is 4.15. The molecule has 1 aliphatic heterocycles. The predicted molar refractivity (Wildman–Crippen MR) is 171 cm³/mol. The Labute approximate surface area is 273 Å². The maximum absolute atomic E-state index is 14.5. The number of benzene rings is 2. The van der Waals surface area contributed by atoms with Crippen LogP contribution in [0.4, 0.5) is 9.18 Å². The Morgan fingerprint density at radius 2 is 1.83 bits per heavy atom. The molecule has 0 unspecified atom stereocenters. The minimum atomic E-state index is -1.16. The fourth-order valence-corrected chi connectivity index (χ4v) is 5.13. The highest BCUT2D eigenvalue weighted by molar-refractivity contribution is 6.30. The molecule has 0 aromatic heterocycles. The number of carbonyl (C=O) groups excluding carboxylic acids is 5. The van der Waals surface area contributed by atoms with Crippen LogP contribution in [0.3, 0.4) is 0 Å². The van der Waals surface area contributed by atoms with Gasteiger partial charge in [0.15, 0.2) is 0 Å². The molecule has 5 N–H and O–H groups in total. The lowest BCUT2D eigenvalue weighted by molar-refractivity contribution is -0.144. The van der Waals surface area contributed by atoms with Gasteiger partial charge in [0, 0.05) is 24.1 Å². The molecule has 0 spiro atoms. The summed E-state index contributed by atoms with van der Waals surface area (Å²) in [7, 11) is 1.21. The smallest absolute Gasteiger partial charge is 0.328 e. The van der Waals surface area contributed by atoms with Crippen molar-refractivity contribution in [2.45, 2.75) is 70.1 Å². The van der Waals surface area contributed by atoms with Crippen LogP contribution in [0, 0.1) is 11.7 Å².